The fraction of sp³-hybridized carbons (Fsp3) is 0.355. The number of carbonyl (C=O) groups is 2. The molecular formula is C31H33FN6O5S. The first-order valence-electron chi connectivity index (χ1n) is 14.6. The summed E-state index contributed by atoms with van der Waals surface area (Å²) in [5.41, 5.74) is 2.23. The van der Waals surface area contributed by atoms with Gasteiger partial charge in [0, 0.05) is 69.0 Å². The van der Waals surface area contributed by atoms with Gasteiger partial charge in [-0.1, -0.05) is 0 Å². The first kappa shape index (κ1) is 29.9. The summed E-state index contributed by atoms with van der Waals surface area (Å²) in [5, 5.41) is 14.3. The van der Waals surface area contributed by atoms with Crippen LogP contribution in [0.4, 0.5) is 14.9 Å². The molecule has 0 spiro atoms. The Labute approximate surface area is 257 Å². The third kappa shape index (κ3) is 7.30. The van der Waals surface area contributed by atoms with Crippen molar-refractivity contribution >= 4 is 39.2 Å². The molecule has 0 unspecified atom stereocenters. The maximum Gasteiger partial charge on any atom is 0.319 e. The molecule has 1 saturated carbocycles. The second-order valence-electron chi connectivity index (χ2n) is 10.7. The van der Waals surface area contributed by atoms with Gasteiger partial charge in [0.25, 0.3) is 5.91 Å². The van der Waals surface area contributed by atoms with Crippen LogP contribution < -0.4 is 15.4 Å². The topological polar surface area (TPSA) is 129 Å². The van der Waals surface area contributed by atoms with Crippen LogP contribution in [0, 0.1) is 5.82 Å². The minimum atomic E-state index is -0.605. The third-order valence-corrected chi connectivity index (χ3v) is 8.57. The molecule has 1 aliphatic heterocycles. The van der Waals surface area contributed by atoms with Crippen LogP contribution in [0.3, 0.4) is 0 Å². The number of halogens is 1. The maximum absolute atomic E-state index is 14.9. The van der Waals surface area contributed by atoms with Gasteiger partial charge in [-0.15, -0.1) is 11.3 Å². The van der Waals surface area contributed by atoms with Crippen LogP contribution in [0.25, 0.3) is 20.8 Å². The number of benzene rings is 1. The van der Waals surface area contributed by atoms with Crippen molar-refractivity contribution in [2.75, 3.05) is 57.9 Å². The van der Waals surface area contributed by atoms with Crippen LogP contribution in [-0.2, 0) is 4.74 Å². The Kier molecular flexibility index (Phi) is 9.26. The summed E-state index contributed by atoms with van der Waals surface area (Å²) < 4.78 is 26.9. The number of ether oxygens (including phenoxy) is 2. The summed E-state index contributed by atoms with van der Waals surface area (Å²) in [7, 11) is 0. The molecule has 4 heterocycles. The van der Waals surface area contributed by atoms with Crippen molar-refractivity contribution in [2.24, 2.45) is 0 Å². The van der Waals surface area contributed by atoms with Gasteiger partial charge >= 0.3 is 6.03 Å². The molecule has 0 bridgehead atoms. The number of urea groups is 1. The molecule has 1 aromatic carbocycles. The quantitative estimate of drug-likeness (QED) is 0.211. The number of aliphatic hydroxyl groups is 1. The molecule has 3 amide bonds. The number of thiophene rings is 1. The molecule has 0 atom stereocenters. The fourth-order valence-electron chi connectivity index (χ4n) is 4.86. The molecule has 13 heteroatoms. The van der Waals surface area contributed by atoms with Gasteiger partial charge in [0.05, 0.1) is 46.2 Å². The largest absolute Gasteiger partial charge is 0.453 e. The highest BCUT2D eigenvalue weighted by Crippen LogP contribution is 2.39. The van der Waals surface area contributed by atoms with Gasteiger partial charge in [-0.3, -0.25) is 19.7 Å². The third-order valence-electron chi connectivity index (χ3n) is 7.41. The number of amides is 3. The predicted octanol–water partition coefficient (Wildman–Crippen LogP) is 4.34. The van der Waals surface area contributed by atoms with Crippen molar-refractivity contribution in [3.05, 3.63) is 66.2 Å². The minimum absolute atomic E-state index is 0.0169. The van der Waals surface area contributed by atoms with Gasteiger partial charge in [0.1, 0.15) is 5.75 Å². The van der Waals surface area contributed by atoms with Gasteiger partial charge in [-0.2, -0.15) is 0 Å². The fourth-order valence-corrected chi connectivity index (χ4v) is 5.91. The summed E-state index contributed by atoms with van der Waals surface area (Å²) >= 11 is 1.41. The zero-order valence-corrected chi connectivity index (χ0v) is 24.8. The van der Waals surface area contributed by atoms with Crippen molar-refractivity contribution in [3.63, 3.8) is 0 Å². The van der Waals surface area contributed by atoms with Crippen LogP contribution in [0.2, 0.25) is 0 Å². The monoisotopic (exact) mass is 620 g/mol. The number of nitrogens with one attached hydrogen (secondary N) is 2. The Morgan fingerprint density at radius 1 is 1.02 bits per heavy atom. The molecule has 2 aliphatic rings. The Morgan fingerprint density at radius 3 is 2.59 bits per heavy atom. The average molecular weight is 621 g/mol. The van der Waals surface area contributed by atoms with E-state index in [-0.39, 0.29) is 30.3 Å². The number of hydrogen-bond donors (Lipinski definition) is 3. The van der Waals surface area contributed by atoms with Gasteiger partial charge < -0.3 is 30.1 Å². The van der Waals surface area contributed by atoms with Gasteiger partial charge in [-0.25, -0.2) is 9.18 Å². The van der Waals surface area contributed by atoms with Crippen LogP contribution >= 0.6 is 11.3 Å². The molecule has 230 valence electrons. The first-order chi connectivity index (χ1) is 21.5. The van der Waals surface area contributed by atoms with E-state index >= 15 is 0 Å². The van der Waals surface area contributed by atoms with Gasteiger partial charge in [0.2, 0.25) is 0 Å². The minimum Gasteiger partial charge on any atom is -0.453 e. The molecule has 1 saturated heterocycles. The Bertz CT molecular complexity index is 1620. The number of pyridine rings is 2. The van der Waals surface area contributed by atoms with Crippen molar-refractivity contribution in [3.8, 4) is 22.1 Å². The summed E-state index contributed by atoms with van der Waals surface area (Å²) in [4.78, 5) is 39.0. The summed E-state index contributed by atoms with van der Waals surface area (Å²) in [6, 6.07) is 11.3. The number of nitrogens with zero attached hydrogens (tertiary/aromatic N) is 4. The van der Waals surface area contributed by atoms with Crippen molar-refractivity contribution in [1.82, 2.24) is 25.1 Å². The smallest absolute Gasteiger partial charge is 0.319 e. The molecule has 11 nitrogen and oxygen atoms in total. The van der Waals surface area contributed by atoms with Gasteiger partial charge in [-0.05, 0) is 43.2 Å². The highest BCUT2D eigenvalue weighted by Gasteiger charge is 2.24. The van der Waals surface area contributed by atoms with Crippen LogP contribution in [0.1, 0.15) is 23.2 Å². The standard InChI is InChI=1S/C31H33FN6O5S/c32-23-17-22(36-31(41)35-21-2-3-21)4-6-26(23)43-27-7-8-33-25-18-28(44-29(25)27)24-5-1-20(19-34-24)30(40)38-11-9-37(10-12-38)13-15-42-16-14-39/h1,4-8,17-19,21,39H,2-3,9-16H2,(H2,35,36,41). The van der Waals surface area contributed by atoms with E-state index in [0.717, 1.165) is 42.1 Å². The summed E-state index contributed by atoms with van der Waals surface area (Å²) in [5.74, 6) is -0.187. The van der Waals surface area contributed by atoms with E-state index in [1.165, 1.54) is 23.5 Å². The van der Waals surface area contributed by atoms with E-state index in [9.17, 15) is 14.0 Å². The number of fused-ring (bicyclic) bond motifs is 1. The van der Waals surface area contributed by atoms with E-state index in [4.69, 9.17) is 14.6 Å². The molecule has 2 fully saturated rings. The summed E-state index contributed by atoms with van der Waals surface area (Å²) in [6.45, 7) is 4.47. The van der Waals surface area contributed by atoms with Crippen molar-refractivity contribution in [1.29, 1.82) is 0 Å². The molecule has 1 aliphatic carbocycles. The zero-order valence-electron chi connectivity index (χ0n) is 24.0. The summed E-state index contributed by atoms with van der Waals surface area (Å²) in [6.07, 6.45) is 5.12. The number of carbonyl (C=O) groups excluding carboxylic acids is 2. The molecule has 6 rings (SSSR count). The van der Waals surface area contributed by atoms with Crippen LogP contribution in [0.5, 0.6) is 11.5 Å². The number of anilines is 1. The Hall–Kier alpha value is -4.17. The normalized spacial score (nSPS) is 15.4. The van der Waals surface area contributed by atoms with Crippen LogP contribution in [0.15, 0.2) is 54.9 Å². The Morgan fingerprint density at radius 2 is 1.86 bits per heavy atom. The SMILES string of the molecule is O=C(Nc1ccc(Oc2ccnc3cc(-c4ccc(C(=O)N5CCN(CCOCCO)CC5)cn4)sc23)c(F)c1)NC1CC1. The van der Waals surface area contributed by atoms with Crippen molar-refractivity contribution < 1.29 is 28.6 Å². The number of rotatable bonds is 11. The molecule has 3 N–H and O–H groups in total. The molecule has 44 heavy (non-hydrogen) atoms. The average Bonchev–Trinajstić information content (AvgIpc) is 3.74. The van der Waals surface area contributed by atoms with E-state index in [0.29, 0.717) is 54.5 Å². The van der Waals surface area contributed by atoms with E-state index in [2.05, 4.69) is 25.5 Å². The Balaban J connectivity index is 1.09. The second kappa shape index (κ2) is 13.6. The van der Waals surface area contributed by atoms with Gasteiger partial charge in [0.15, 0.2) is 11.6 Å². The second-order valence-corrected chi connectivity index (χ2v) is 11.7. The molecule has 3 aromatic heterocycles. The number of aromatic nitrogens is 2. The lowest BCUT2D eigenvalue weighted by Crippen LogP contribution is -2.49. The molecular weight excluding hydrogens is 587 g/mol. The van der Waals surface area contributed by atoms with E-state index < -0.39 is 5.82 Å². The first-order valence-corrected chi connectivity index (χ1v) is 15.4. The lowest BCUT2D eigenvalue weighted by atomic mass is 10.2. The lowest BCUT2D eigenvalue weighted by Gasteiger charge is -2.34. The maximum atomic E-state index is 14.9. The van der Waals surface area contributed by atoms with E-state index in [1.54, 1.807) is 30.6 Å². The van der Waals surface area contributed by atoms with E-state index in [1.807, 2.05) is 17.0 Å². The molecule has 0 radical (unpaired) electrons. The zero-order chi connectivity index (χ0) is 30.5. The van der Waals surface area contributed by atoms with Crippen LogP contribution in [-0.4, -0.2) is 95.4 Å². The number of piperazine rings is 1. The highest BCUT2D eigenvalue weighted by atomic mass is 32.1. The van der Waals surface area contributed by atoms with Crippen molar-refractivity contribution in [2.45, 2.75) is 18.9 Å². The number of hydrogen-bond acceptors (Lipinski definition) is 9. The molecule has 4 aromatic rings. The number of aliphatic hydroxyl groups excluding tert-OH is 1. The lowest BCUT2D eigenvalue weighted by molar-refractivity contribution is 0.0486. The highest BCUT2D eigenvalue weighted by molar-refractivity contribution is 7.22. The predicted molar refractivity (Wildman–Crippen MR) is 165 cm³/mol.